The highest BCUT2D eigenvalue weighted by Gasteiger charge is 2.34. The molecule has 0 spiro atoms. The zero-order valence-corrected chi connectivity index (χ0v) is 8.74. The van der Waals surface area contributed by atoms with Crippen molar-refractivity contribution in [1.82, 2.24) is 10.2 Å². The quantitative estimate of drug-likeness (QED) is 0.707. The van der Waals surface area contributed by atoms with Gasteiger partial charge in [-0.15, -0.1) is 0 Å². The predicted octanol–water partition coefficient (Wildman–Crippen LogP) is 0.459. The first kappa shape index (κ1) is 9.13. The minimum Gasteiger partial charge on any atom is -0.378 e. The molecule has 0 aromatic rings. The van der Waals surface area contributed by atoms with Crippen LogP contribution in [0.25, 0.3) is 0 Å². The molecule has 2 saturated heterocycles. The molecule has 2 aliphatic heterocycles. The van der Waals surface area contributed by atoms with E-state index in [-0.39, 0.29) is 0 Å². The second-order valence-corrected chi connectivity index (χ2v) is 5.02. The van der Waals surface area contributed by atoms with Crippen molar-refractivity contribution >= 4 is 0 Å². The summed E-state index contributed by atoms with van der Waals surface area (Å²) < 4.78 is 5.15. The molecule has 1 atom stereocenters. The van der Waals surface area contributed by atoms with Crippen molar-refractivity contribution in [3.05, 3.63) is 0 Å². The van der Waals surface area contributed by atoms with Crippen molar-refractivity contribution < 1.29 is 4.74 Å². The Kier molecular flexibility index (Phi) is 2.48. The first-order chi connectivity index (χ1) is 6.92. The van der Waals surface area contributed by atoms with Crippen molar-refractivity contribution in [2.24, 2.45) is 5.92 Å². The van der Waals surface area contributed by atoms with E-state index in [1.807, 2.05) is 0 Å². The van der Waals surface area contributed by atoms with Gasteiger partial charge in [0.15, 0.2) is 0 Å². The standard InChI is InChI=1S/C11H20N2O/c1-2-11(1)13-4-3-9(6-13)5-12-10-7-14-8-10/h9-12H,1-8H2. The minimum absolute atomic E-state index is 0.657. The van der Waals surface area contributed by atoms with Gasteiger partial charge in [-0.05, 0) is 38.3 Å². The van der Waals surface area contributed by atoms with Crippen LogP contribution in [0.5, 0.6) is 0 Å². The molecule has 3 rings (SSSR count). The van der Waals surface area contributed by atoms with E-state index in [2.05, 4.69) is 10.2 Å². The van der Waals surface area contributed by atoms with Crippen LogP contribution in [0.3, 0.4) is 0 Å². The highest BCUT2D eigenvalue weighted by atomic mass is 16.5. The van der Waals surface area contributed by atoms with E-state index in [0.717, 1.165) is 25.2 Å². The molecule has 1 N–H and O–H groups in total. The van der Waals surface area contributed by atoms with Gasteiger partial charge in [0.1, 0.15) is 0 Å². The lowest BCUT2D eigenvalue weighted by molar-refractivity contribution is -0.00633. The highest BCUT2D eigenvalue weighted by molar-refractivity contribution is 4.90. The van der Waals surface area contributed by atoms with E-state index >= 15 is 0 Å². The van der Waals surface area contributed by atoms with Crippen LogP contribution in [0.1, 0.15) is 19.3 Å². The molecule has 3 aliphatic rings. The topological polar surface area (TPSA) is 24.5 Å². The maximum absolute atomic E-state index is 5.15. The summed E-state index contributed by atoms with van der Waals surface area (Å²) in [6, 6.07) is 1.62. The summed E-state index contributed by atoms with van der Waals surface area (Å²) in [4.78, 5) is 2.68. The molecule has 1 saturated carbocycles. The first-order valence-corrected chi connectivity index (χ1v) is 5.97. The smallest absolute Gasteiger partial charge is 0.0643 e. The summed E-state index contributed by atoms with van der Waals surface area (Å²) in [5, 5.41) is 3.59. The Balaban J connectivity index is 1.37. The van der Waals surface area contributed by atoms with Gasteiger partial charge in [0.25, 0.3) is 0 Å². The Morgan fingerprint density at radius 1 is 1.21 bits per heavy atom. The summed E-state index contributed by atoms with van der Waals surface area (Å²) in [6.07, 6.45) is 4.31. The van der Waals surface area contributed by atoms with Crippen molar-refractivity contribution in [2.75, 3.05) is 32.8 Å². The summed E-state index contributed by atoms with van der Waals surface area (Å²) in [6.45, 7) is 5.75. The number of rotatable bonds is 4. The van der Waals surface area contributed by atoms with Crippen LogP contribution in [0.2, 0.25) is 0 Å². The summed E-state index contributed by atoms with van der Waals surface area (Å²) in [7, 11) is 0. The van der Waals surface area contributed by atoms with Crippen LogP contribution >= 0.6 is 0 Å². The van der Waals surface area contributed by atoms with E-state index in [4.69, 9.17) is 4.74 Å². The molecular formula is C11H20N2O. The van der Waals surface area contributed by atoms with Gasteiger partial charge >= 0.3 is 0 Å². The molecule has 1 aliphatic carbocycles. The maximum atomic E-state index is 5.15. The van der Waals surface area contributed by atoms with Crippen LogP contribution < -0.4 is 5.32 Å². The average molecular weight is 196 g/mol. The SMILES string of the molecule is C1CN(C2CC2)CC1CNC1COC1. The lowest BCUT2D eigenvalue weighted by atomic mass is 10.1. The number of hydrogen-bond acceptors (Lipinski definition) is 3. The molecule has 0 bridgehead atoms. The lowest BCUT2D eigenvalue weighted by Gasteiger charge is -2.28. The van der Waals surface area contributed by atoms with Gasteiger partial charge in [-0.1, -0.05) is 0 Å². The van der Waals surface area contributed by atoms with Crippen LogP contribution in [0, 0.1) is 5.92 Å². The van der Waals surface area contributed by atoms with Gasteiger partial charge < -0.3 is 15.0 Å². The van der Waals surface area contributed by atoms with E-state index in [9.17, 15) is 0 Å². The Labute approximate surface area is 85.8 Å². The summed E-state index contributed by atoms with van der Waals surface area (Å²) in [5.74, 6) is 0.899. The van der Waals surface area contributed by atoms with Gasteiger partial charge in [-0.3, -0.25) is 0 Å². The molecule has 0 aromatic carbocycles. The molecule has 0 amide bonds. The fourth-order valence-corrected chi connectivity index (χ4v) is 2.49. The van der Waals surface area contributed by atoms with Gasteiger partial charge in [0, 0.05) is 12.6 Å². The van der Waals surface area contributed by atoms with Gasteiger partial charge in [0.2, 0.25) is 0 Å². The van der Waals surface area contributed by atoms with E-state index in [1.165, 1.54) is 38.9 Å². The third-order valence-corrected chi connectivity index (χ3v) is 3.71. The number of likely N-dealkylation sites (tertiary alicyclic amines) is 1. The van der Waals surface area contributed by atoms with Crippen LogP contribution in [0.15, 0.2) is 0 Å². The molecule has 1 unspecified atom stereocenters. The van der Waals surface area contributed by atoms with E-state index < -0.39 is 0 Å². The van der Waals surface area contributed by atoms with Crippen molar-refractivity contribution in [2.45, 2.75) is 31.3 Å². The molecule has 2 heterocycles. The third-order valence-electron chi connectivity index (χ3n) is 3.71. The van der Waals surface area contributed by atoms with E-state index in [0.29, 0.717) is 6.04 Å². The molecular weight excluding hydrogens is 176 g/mol. The van der Waals surface area contributed by atoms with Crippen molar-refractivity contribution in [1.29, 1.82) is 0 Å². The number of nitrogens with zero attached hydrogens (tertiary/aromatic N) is 1. The number of ether oxygens (including phenoxy) is 1. The molecule has 3 fully saturated rings. The average Bonchev–Trinajstić information content (AvgIpc) is 2.85. The molecule has 0 aromatic heterocycles. The van der Waals surface area contributed by atoms with Crippen molar-refractivity contribution in [3.8, 4) is 0 Å². The van der Waals surface area contributed by atoms with E-state index in [1.54, 1.807) is 0 Å². The molecule has 80 valence electrons. The van der Waals surface area contributed by atoms with Gasteiger partial charge in [-0.2, -0.15) is 0 Å². The highest BCUT2D eigenvalue weighted by Crippen LogP contribution is 2.31. The Morgan fingerprint density at radius 3 is 2.71 bits per heavy atom. The third kappa shape index (κ3) is 1.95. The minimum atomic E-state index is 0.657. The predicted molar refractivity (Wildman–Crippen MR) is 55.3 cm³/mol. The Morgan fingerprint density at radius 2 is 2.07 bits per heavy atom. The second kappa shape index (κ2) is 3.80. The lowest BCUT2D eigenvalue weighted by Crippen LogP contribution is -2.47. The maximum Gasteiger partial charge on any atom is 0.0643 e. The monoisotopic (exact) mass is 196 g/mol. The van der Waals surface area contributed by atoms with Crippen LogP contribution in [0.4, 0.5) is 0 Å². The fraction of sp³-hybridized carbons (Fsp3) is 1.00. The Hall–Kier alpha value is -0.120. The zero-order valence-electron chi connectivity index (χ0n) is 8.74. The molecule has 3 heteroatoms. The van der Waals surface area contributed by atoms with Gasteiger partial charge in [0.05, 0.1) is 19.3 Å². The zero-order chi connectivity index (χ0) is 9.38. The second-order valence-electron chi connectivity index (χ2n) is 5.02. The molecule has 14 heavy (non-hydrogen) atoms. The Bertz CT molecular complexity index is 201. The largest absolute Gasteiger partial charge is 0.378 e. The van der Waals surface area contributed by atoms with Crippen molar-refractivity contribution in [3.63, 3.8) is 0 Å². The summed E-state index contributed by atoms with van der Waals surface area (Å²) >= 11 is 0. The normalized spacial score (nSPS) is 34.7. The summed E-state index contributed by atoms with van der Waals surface area (Å²) in [5.41, 5.74) is 0. The number of nitrogens with one attached hydrogen (secondary N) is 1. The molecule has 0 radical (unpaired) electrons. The molecule has 3 nitrogen and oxygen atoms in total. The van der Waals surface area contributed by atoms with Crippen LogP contribution in [-0.2, 0) is 4.74 Å². The van der Waals surface area contributed by atoms with Gasteiger partial charge in [-0.25, -0.2) is 0 Å². The fourth-order valence-electron chi connectivity index (χ4n) is 2.49. The first-order valence-electron chi connectivity index (χ1n) is 5.97. The number of hydrogen-bond donors (Lipinski definition) is 1. The van der Waals surface area contributed by atoms with Crippen LogP contribution in [-0.4, -0.2) is 49.8 Å².